The van der Waals surface area contributed by atoms with Gasteiger partial charge in [0.1, 0.15) is 6.54 Å². The van der Waals surface area contributed by atoms with Crippen LogP contribution < -0.4 is 11.1 Å². The van der Waals surface area contributed by atoms with E-state index in [1.807, 2.05) is 31.2 Å². The molecule has 0 saturated heterocycles. The standard InChI is InChI=1S/C13H16N4O/c1-10-4-2-3-5-12(10)16-13(18)8-17-7-11(6-14)15-9-17/h2-5,7,9H,6,8,14H2,1H3,(H,16,18). The first-order chi connectivity index (χ1) is 8.69. The summed E-state index contributed by atoms with van der Waals surface area (Å²) in [7, 11) is 0. The number of hydrogen-bond donors (Lipinski definition) is 2. The van der Waals surface area contributed by atoms with Gasteiger partial charge in [-0.15, -0.1) is 0 Å². The lowest BCUT2D eigenvalue weighted by Gasteiger charge is -2.08. The van der Waals surface area contributed by atoms with E-state index in [4.69, 9.17) is 5.73 Å². The van der Waals surface area contributed by atoms with Gasteiger partial charge in [0.15, 0.2) is 0 Å². The summed E-state index contributed by atoms with van der Waals surface area (Å²) in [4.78, 5) is 15.9. The number of rotatable bonds is 4. The average molecular weight is 244 g/mol. The number of hydrogen-bond acceptors (Lipinski definition) is 3. The van der Waals surface area contributed by atoms with Crippen LogP contribution in [-0.4, -0.2) is 15.5 Å². The topological polar surface area (TPSA) is 72.9 Å². The Morgan fingerprint density at radius 2 is 2.22 bits per heavy atom. The van der Waals surface area contributed by atoms with Crippen LogP contribution >= 0.6 is 0 Å². The number of nitrogens with zero attached hydrogens (tertiary/aromatic N) is 2. The first kappa shape index (κ1) is 12.3. The quantitative estimate of drug-likeness (QED) is 0.851. The van der Waals surface area contributed by atoms with E-state index in [9.17, 15) is 4.79 Å². The minimum absolute atomic E-state index is 0.0785. The molecule has 18 heavy (non-hydrogen) atoms. The first-order valence-corrected chi connectivity index (χ1v) is 5.75. The Labute approximate surface area is 106 Å². The van der Waals surface area contributed by atoms with Crippen LogP contribution in [0.2, 0.25) is 0 Å². The molecule has 0 atom stereocenters. The smallest absolute Gasteiger partial charge is 0.244 e. The van der Waals surface area contributed by atoms with Crippen LogP contribution in [0.15, 0.2) is 36.8 Å². The number of benzene rings is 1. The molecule has 1 aromatic carbocycles. The lowest BCUT2D eigenvalue weighted by Crippen LogP contribution is -2.18. The van der Waals surface area contributed by atoms with Crippen LogP contribution in [0.4, 0.5) is 5.69 Å². The van der Waals surface area contributed by atoms with Crippen LogP contribution in [-0.2, 0) is 17.9 Å². The number of imidazole rings is 1. The lowest BCUT2D eigenvalue weighted by atomic mass is 10.2. The third kappa shape index (κ3) is 2.95. The molecule has 0 aliphatic rings. The highest BCUT2D eigenvalue weighted by Gasteiger charge is 2.05. The highest BCUT2D eigenvalue weighted by atomic mass is 16.1. The van der Waals surface area contributed by atoms with Crippen molar-refractivity contribution in [2.75, 3.05) is 5.32 Å². The Morgan fingerprint density at radius 1 is 1.44 bits per heavy atom. The van der Waals surface area contributed by atoms with Crippen LogP contribution in [0.1, 0.15) is 11.3 Å². The number of anilines is 1. The Morgan fingerprint density at radius 3 is 2.89 bits per heavy atom. The minimum atomic E-state index is -0.0785. The molecule has 0 radical (unpaired) electrons. The zero-order chi connectivity index (χ0) is 13.0. The molecule has 0 fully saturated rings. The molecular weight excluding hydrogens is 228 g/mol. The number of aryl methyl sites for hydroxylation is 1. The number of amides is 1. The zero-order valence-corrected chi connectivity index (χ0v) is 10.3. The van der Waals surface area contributed by atoms with Crippen molar-refractivity contribution in [2.45, 2.75) is 20.0 Å². The molecule has 0 saturated carbocycles. The summed E-state index contributed by atoms with van der Waals surface area (Å²) in [6.45, 7) is 2.58. The summed E-state index contributed by atoms with van der Waals surface area (Å²) in [6, 6.07) is 7.67. The second kappa shape index (κ2) is 5.46. The number of carbonyl (C=O) groups excluding carboxylic acids is 1. The Kier molecular flexibility index (Phi) is 3.74. The molecule has 5 heteroatoms. The van der Waals surface area contributed by atoms with Crippen molar-refractivity contribution in [2.24, 2.45) is 5.73 Å². The molecule has 5 nitrogen and oxygen atoms in total. The van der Waals surface area contributed by atoms with Crippen molar-refractivity contribution in [1.82, 2.24) is 9.55 Å². The molecule has 0 spiro atoms. The fraction of sp³-hybridized carbons (Fsp3) is 0.231. The van der Waals surface area contributed by atoms with Crippen LogP contribution in [0.3, 0.4) is 0 Å². The molecule has 0 unspecified atom stereocenters. The first-order valence-electron chi connectivity index (χ1n) is 5.75. The average Bonchev–Trinajstić information content (AvgIpc) is 2.80. The maximum absolute atomic E-state index is 11.8. The van der Waals surface area contributed by atoms with E-state index in [1.54, 1.807) is 17.1 Å². The van der Waals surface area contributed by atoms with E-state index in [0.717, 1.165) is 16.9 Å². The molecular formula is C13H16N4O. The molecule has 0 aliphatic carbocycles. The fourth-order valence-electron chi connectivity index (χ4n) is 1.67. The van der Waals surface area contributed by atoms with Gasteiger partial charge in [-0.25, -0.2) is 4.98 Å². The summed E-state index contributed by atoms with van der Waals surface area (Å²) in [5.41, 5.74) is 8.11. The van der Waals surface area contributed by atoms with Gasteiger partial charge < -0.3 is 15.6 Å². The van der Waals surface area contributed by atoms with Gasteiger partial charge in [0.05, 0.1) is 12.0 Å². The Bertz CT molecular complexity index is 547. The minimum Gasteiger partial charge on any atom is -0.328 e. The van der Waals surface area contributed by atoms with Gasteiger partial charge in [0.25, 0.3) is 0 Å². The van der Waals surface area contributed by atoms with Crippen LogP contribution in [0.5, 0.6) is 0 Å². The molecule has 1 heterocycles. The van der Waals surface area contributed by atoms with Crippen molar-refractivity contribution >= 4 is 11.6 Å². The van der Waals surface area contributed by atoms with E-state index in [2.05, 4.69) is 10.3 Å². The summed E-state index contributed by atoms with van der Waals surface area (Å²) in [5, 5.41) is 2.87. The number of carbonyl (C=O) groups is 1. The Hall–Kier alpha value is -2.14. The number of aromatic nitrogens is 2. The normalized spacial score (nSPS) is 10.3. The van der Waals surface area contributed by atoms with Gasteiger partial charge in [-0.3, -0.25) is 4.79 Å². The van der Waals surface area contributed by atoms with Gasteiger partial charge in [-0.1, -0.05) is 18.2 Å². The summed E-state index contributed by atoms with van der Waals surface area (Å²) >= 11 is 0. The SMILES string of the molecule is Cc1ccccc1NC(=O)Cn1cnc(CN)c1. The van der Waals surface area contributed by atoms with E-state index in [0.29, 0.717) is 6.54 Å². The van der Waals surface area contributed by atoms with E-state index in [-0.39, 0.29) is 12.5 Å². The van der Waals surface area contributed by atoms with Gasteiger partial charge in [0.2, 0.25) is 5.91 Å². The van der Waals surface area contributed by atoms with Gasteiger partial charge in [-0.05, 0) is 18.6 Å². The number of nitrogens with two attached hydrogens (primary N) is 1. The summed E-state index contributed by atoms with van der Waals surface area (Å²) < 4.78 is 1.72. The Balaban J connectivity index is 1.99. The molecule has 0 bridgehead atoms. The van der Waals surface area contributed by atoms with E-state index in [1.165, 1.54) is 0 Å². The highest BCUT2D eigenvalue weighted by molar-refractivity contribution is 5.91. The van der Waals surface area contributed by atoms with Gasteiger partial charge in [-0.2, -0.15) is 0 Å². The molecule has 2 rings (SSSR count). The number of para-hydroxylation sites is 1. The summed E-state index contributed by atoms with van der Waals surface area (Å²) in [6.07, 6.45) is 3.39. The third-order valence-electron chi connectivity index (χ3n) is 2.64. The highest BCUT2D eigenvalue weighted by Crippen LogP contribution is 2.12. The lowest BCUT2D eigenvalue weighted by molar-refractivity contribution is -0.116. The largest absolute Gasteiger partial charge is 0.328 e. The molecule has 3 N–H and O–H groups in total. The number of nitrogens with one attached hydrogen (secondary N) is 1. The van der Waals surface area contributed by atoms with Crippen molar-refractivity contribution in [1.29, 1.82) is 0 Å². The van der Waals surface area contributed by atoms with Crippen molar-refractivity contribution in [3.63, 3.8) is 0 Å². The van der Waals surface area contributed by atoms with Crippen molar-refractivity contribution in [3.8, 4) is 0 Å². The van der Waals surface area contributed by atoms with Gasteiger partial charge >= 0.3 is 0 Å². The van der Waals surface area contributed by atoms with Crippen molar-refractivity contribution < 1.29 is 4.79 Å². The molecule has 94 valence electrons. The second-order valence-corrected chi connectivity index (χ2v) is 4.10. The fourth-order valence-corrected chi connectivity index (χ4v) is 1.67. The maximum atomic E-state index is 11.8. The van der Waals surface area contributed by atoms with E-state index >= 15 is 0 Å². The molecule has 0 aliphatic heterocycles. The van der Waals surface area contributed by atoms with Crippen molar-refractivity contribution in [3.05, 3.63) is 48.0 Å². The maximum Gasteiger partial charge on any atom is 0.244 e. The van der Waals surface area contributed by atoms with Crippen LogP contribution in [0, 0.1) is 6.92 Å². The van der Waals surface area contributed by atoms with E-state index < -0.39 is 0 Å². The zero-order valence-electron chi connectivity index (χ0n) is 10.3. The predicted molar refractivity (Wildman–Crippen MR) is 69.9 cm³/mol. The predicted octanol–water partition coefficient (Wildman–Crippen LogP) is 1.29. The monoisotopic (exact) mass is 244 g/mol. The molecule has 1 aromatic heterocycles. The summed E-state index contributed by atoms with van der Waals surface area (Å²) in [5.74, 6) is -0.0785. The molecule has 1 amide bonds. The van der Waals surface area contributed by atoms with Gasteiger partial charge in [0, 0.05) is 18.4 Å². The van der Waals surface area contributed by atoms with Crippen LogP contribution in [0.25, 0.3) is 0 Å². The molecule has 2 aromatic rings. The second-order valence-electron chi connectivity index (χ2n) is 4.10. The third-order valence-corrected chi connectivity index (χ3v) is 2.64.